The molecular formula is C18H28N2O3S. The van der Waals surface area contributed by atoms with Crippen molar-refractivity contribution in [3.8, 4) is 0 Å². The van der Waals surface area contributed by atoms with Gasteiger partial charge in [0.05, 0.1) is 4.90 Å². The van der Waals surface area contributed by atoms with Crippen molar-refractivity contribution in [3.05, 3.63) is 29.8 Å². The van der Waals surface area contributed by atoms with E-state index in [1.807, 2.05) is 19.1 Å². The Morgan fingerprint density at radius 1 is 1.25 bits per heavy atom. The van der Waals surface area contributed by atoms with Crippen LogP contribution < -0.4 is 5.32 Å². The maximum atomic E-state index is 13.0. The maximum Gasteiger partial charge on any atom is 0.243 e. The number of carbonyl (C=O) groups is 1. The van der Waals surface area contributed by atoms with Crippen LogP contribution in [0.5, 0.6) is 0 Å². The summed E-state index contributed by atoms with van der Waals surface area (Å²) >= 11 is 0. The number of amides is 1. The van der Waals surface area contributed by atoms with Crippen molar-refractivity contribution >= 4 is 15.9 Å². The number of hydrogen-bond acceptors (Lipinski definition) is 3. The lowest BCUT2D eigenvalue weighted by atomic mass is 9.99. The molecule has 1 aliphatic rings. The molecule has 1 heterocycles. The van der Waals surface area contributed by atoms with Crippen LogP contribution in [0.3, 0.4) is 0 Å². The molecule has 0 saturated carbocycles. The van der Waals surface area contributed by atoms with E-state index in [0.717, 1.165) is 18.4 Å². The Bertz CT molecular complexity index is 643. The van der Waals surface area contributed by atoms with Crippen molar-refractivity contribution in [2.75, 3.05) is 19.6 Å². The second kappa shape index (κ2) is 8.12. The van der Waals surface area contributed by atoms with Crippen LogP contribution in [0.4, 0.5) is 0 Å². The number of nitrogens with one attached hydrogen (secondary N) is 1. The van der Waals surface area contributed by atoms with Crippen LogP contribution in [-0.4, -0.2) is 38.3 Å². The fraction of sp³-hybridized carbons (Fsp3) is 0.611. The molecule has 0 spiro atoms. The van der Waals surface area contributed by atoms with E-state index >= 15 is 0 Å². The lowest BCUT2D eigenvalue weighted by molar-refractivity contribution is -0.122. The largest absolute Gasteiger partial charge is 0.356 e. The molecule has 1 fully saturated rings. The Morgan fingerprint density at radius 2 is 1.92 bits per heavy atom. The number of rotatable bonds is 7. The highest BCUT2D eigenvalue weighted by molar-refractivity contribution is 7.89. The SMILES string of the molecule is Cc1ccc(S(=O)(=O)N(CCC(C)C)CC2CCC(=O)NC2)cc1. The lowest BCUT2D eigenvalue weighted by Crippen LogP contribution is -2.43. The number of hydrogen-bond donors (Lipinski definition) is 1. The van der Waals surface area contributed by atoms with Crippen molar-refractivity contribution in [1.29, 1.82) is 0 Å². The van der Waals surface area contributed by atoms with Gasteiger partial charge >= 0.3 is 0 Å². The Hall–Kier alpha value is -1.40. The summed E-state index contributed by atoms with van der Waals surface area (Å²) in [5.41, 5.74) is 1.04. The van der Waals surface area contributed by atoms with Gasteiger partial charge in [-0.3, -0.25) is 4.79 Å². The van der Waals surface area contributed by atoms with Gasteiger partial charge < -0.3 is 5.32 Å². The summed E-state index contributed by atoms with van der Waals surface area (Å²) < 4.78 is 27.7. The summed E-state index contributed by atoms with van der Waals surface area (Å²) in [4.78, 5) is 11.7. The van der Waals surface area contributed by atoms with Gasteiger partial charge in [0.1, 0.15) is 0 Å². The highest BCUT2D eigenvalue weighted by atomic mass is 32.2. The van der Waals surface area contributed by atoms with Crippen LogP contribution in [-0.2, 0) is 14.8 Å². The summed E-state index contributed by atoms with van der Waals surface area (Å²) in [5.74, 6) is 0.670. The topological polar surface area (TPSA) is 66.5 Å². The third-order valence-electron chi connectivity index (χ3n) is 4.44. The van der Waals surface area contributed by atoms with Gasteiger partial charge in [0, 0.05) is 26.1 Å². The van der Waals surface area contributed by atoms with E-state index in [1.165, 1.54) is 0 Å². The van der Waals surface area contributed by atoms with E-state index in [4.69, 9.17) is 0 Å². The molecule has 1 N–H and O–H groups in total. The highest BCUT2D eigenvalue weighted by Gasteiger charge is 2.28. The van der Waals surface area contributed by atoms with E-state index in [1.54, 1.807) is 16.4 Å². The summed E-state index contributed by atoms with van der Waals surface area (Å²) in [5, 5.41) is 2.84. The van der Waals surface area contributed by atoms with Crippen LogP contribution in [0.2, 0.25) is 0 Å². The molecule has 134 valence electrons. The number of sulfonamides is 1. The first-order valence-corrected chi connectivity index (χ1v) is 10.1. The average Bonchev–Trinajstić information content (AvgIpc) is 2.53. The molecule has 6 heteroatoms. The van der Waals surface area contributed by atoms with Crippen molar-refractivity contribution in [1.82, 2.24) is 9.62 Å². The molecule has 1 atom stereocenters. The van der Waals surface area contributed by atoms with Crippen molar-refractivity contribution in [3.63, 3.8) is 0 Å². The average molecular weight is 353 g/mol. The van der Waals surface area contributed by atoms with Crippen molar-refractivity contribution in [2.45, 2.75) is 44.9 Å². The van der Waals surface area contributed by atoms with Crippen LogP contribution in [0.25, 0.3) is 0 Å². The molecule has 0 bridgehead atoms. The Balaban J connectivity index is 2.17. The molecule has 2 rings (SSSR count). The number of nitrogens with zero attached hydrogens (tertiary/aromatic N) is 1. The van der Waals surface area contributed by atoms with Gasteiger partial charge in [0.15, 0.2) is 0 Å². The van der Waals surface area contributed by atoms with Gasteiger partial charge in [-0.2, -0.15) is 4.31 Å². The first kappa shape index (κ1) is 18.9. The van der Waals surface area contributed by atoms with Crippen molar-refractivity contribution < 1.29 is 13.2 Å². The highest BCUT2D eigenvalue weighted by Crippen LogP contribution is 2.21. The predicted octanol–water partition coefficient (Wildman–Crippen LogP) is 2.56. The molecule has 1 aliphatic heterocycles. The number of piperidine rings is 1. The zero-order valence-corrected chi connectivity index (χ0v) is 15.6. The molecule has 1 aromatic rings. The van der Waals surface area contributed by atoms with E-state index in [-0.39, 0.29) is 11.8 Å². The Kier molecular flexibility index (Phi) is 6.40. The molecular weight excluding hydrogens is 324 g/mol. The predicted molar refractivity (Wildman–Crippen MR) is 95.1 cm³/mol. The molecule has 24 heavy (non-hydrogen) atoms. The standard InChI is InChI=1S/C18H28N2O3S/c1-14(2)10-11-20(13-16-6-9-18(21)19-12-16)24(22,23)17-7-4-15(3)5-8-17/h4-5,7-8,14,16H,6,9-13H2,1-3H3,(H,19,21). The minimum absolute atomic E-state index is 0.0568. The molecule has 1 aromatic carbocycles. The third-order valence-corrected chi connectivity index (χ3v) is 6.32. The second-order valence-electron chi connectivity index (χ2n) is 7.07. The van der Waals surface area contributed by atoms with E-state index in [9.17, 15) is 13.2 Å². The minimum atomic E-state index is -3.51. The first-order chi connectivity index (χ1) is 11.3. The molecule has 0 aliphatic carbocycles. The molecule has 0 radical (unpaired) electrons. The monoisotopic (exact) mass is 352 g/mol. The fourth-order valence-electron chi connectivity index (χ4n) is 2.80. The quantitative estimate of drug-likeness (QED) is 0.820. The summed E-state index contributed by atoms with van der Waals surface area (Å²) in [7, 11) is -3.51. The van der Waals surface area contributed by atoms with Gasteiger partial charge in [-0.05, 0) is 43.7 Å². The smallest absolute Gasteiger partial charge is 0.243 e. The molecule has 1 saturated heterocycles. The third kappa shape index (κ3) is 5.05. The maximum absolute atomic E-state index is 13.0. The van der Waals surface area contributed by atoms with Crippen LogP contribution in [0.15, 0.2) is 29.2 Å². The van der Waals surface area contributed by atoms with Crippen molar-refractivity contribution in [2.24, 2.45) is 11.8 Å². The van der Waals surface area contributed by atoms with E-state index in [2.05, 4.69) is 19.2 Å². The number of aryl methyl sites for hydroxylation is 1. The lowest BCUT2D eigenvalue weighted by Gasteiger charge is -2.30. The molecule has 1 amide bonds. The van der Waals surface area contributed by atoms with Crippen LogP contribution in [0.1, 0.15) is 38.7 Å². The normalized spacial score (nSPS) is 18.9. The van der Waals surface area contributed by atoms with E-state index in [0.29, 0.717) is 36.9 Å². The molecule has 1 unspecified atom stereocenters. The van der Waals surface area contributed by atoms with Gasteiger partial charge in [-0.25, -0.2) is 8.42 Å². The van der Waals surface area contributed by atoms with E-state index < -0.39 is 10.0 Å². The fourth-order valence-corrected chi connectivity index (χ4v) is 4.33. The molecule has 5 nitrogen and oxygen atoms in total. The zero-order chi connectivity index (χ0) is 17.7. The summed E-state index contributed by atoms with van der Waals surface area (Å²) in [6, 6.07) is 7.01. The molecule has 0 aromatic heterocycles. The minimum Gasteiger partial charge on any atom is -0.356 e. The second-order valence-corrected chi connectivity index (χ2v) is 9.01. The van der Waals surface area contributed by atoms with Gasteiger partial charge in [-0.1, -0.05) is 31.5 Å². The summed E-state index contributed by atoms with van der Waals surface area (Å²) in [6.45, 7) is 7.66. The van der Waals surface area contributed by atoms with Gasteiger partial charge in [0.2, 0.25) is 15.9 Å². The number of carbonyl (C=O) groups excluding carboxylic acids is 1. The van der Waals surface area contributed by atoms with Gasteiger partial charge in [0.25, 0.3) is 0 Å². The van der Waals surface area contributed by atoms with Gasteiger partial charge in [-0.15, -0.1) is 0 Å². The Labute approximate surface area is 145 Å². The summed E-state index contributed by atoms with van der Waals surface area (Å²) in [6.07, 6.45) is 2.05. The Morgan fingerprint density at radius 3 is 2.46 bits per heavy atom. The zero-order valence-electron chi connectivity index (χ0n) is 14.8. The van der Waals surface area contributed by atoms with Crippen LogP contribution >= 0.6 is 0 Å². The number of benzene rings is 1. The van der Waals surface area contributed by atoms with Crippen LogP contribution in [0, 0.1) is 18.8 Å². The first-order valence-electron chi connectivity index (χ1n) is 8.62.